The van der Waals surface area contributed by atoms with Crippen molar-refractivity contribution in [1.82, 2.24) is 5.43 Å². The number of rotatable bonds is 9. The molecule has 4 aromatic rings. The van der Waals surface area contributed by atoms with Crippen LogP contribution in [0.3, 0.4) is 0 Å². The van der Waals surface area contributed by atoms with Crippen LogP contribution < -0.4 is 41.0 Å². The van der Waals surface area contributed by atoms with E-state index in [-0.39, 0.29) is 41.6 Å². The number of allylic oxidation sites excluding steroid dienone is 8. The lowest BCUT2D eigenvalue weighted by molar-refractivity contribution is -0.427. The van der Waals surface area contributed by atoms with Crippen LogP contribution in [0.25, 0.3) is 21.5 Å². The first kappa shape index (κ1) is 39.1. The normalized spacial score (nSPS) is 18.8. The predicted octanol–water partition coefficient (Wildman–Crippen LogP) is 3.12. The largest absolute Gasteiger partial charge is 1.00 e. The molecule has 0 bridgehead atoms. The van der Waals surface area contributed by atoms with Crippen LogP contribution in [0.5, 0.6) is 0 Å². The second-order valence-corrected chi connectivity index (χ2v) is 15.3. The van der Waals surface area contributed by atoms with Gasteiger partial charge in [0.25, 0.3) is 5.91 Å². The van der Waals surface area contributed by atoms with Crippen LogP contribution in [-0.4, -0.2) is 29.8 Å². The third-order valence-corrected chi connectivity index (χ3v) is 11.3. The van der Waals surface area contributed by atoms with E-state index in [1.54, 1.807) is 0 Å². The smallest absolute Gasteiger partial charge is 0.264 e. The number of benzene rings is 4. The molecule has 0 saturated carbocycles. The molecule has 4 aromatic carbocycles. The van der Waals surface area contributed by atoms with Gasteiger partial charge in [0, 0.05) is 47.5 Å². The SMILES string of the molecule is C[N+]1=C(C=CC2=CC(=CC=C3N(CCCCCC(=O)N[NH3+])c4ccc5ccccc5c4C3(C)C)CCC2)C(C)(C)c2c1ccc1ccccc21.[Cl-].[Cl-]. The Kier molecular flexibility index (Phi) is 11.9. The molecule has 1 amide bonds. The number of quaternary nitrogens is 1. The minimum atomic E-state index is -0.142. The first-order valence-corrected chi connectivity index (χ1v) is 18.4. The monoisotopic (exact) mass is 734 g/mol. The molecule has 0 spiro atoms. The Hall–Kier alpha value is -4.16. The van der Waals surface area contributed by atoms with Crippen molar-refractivity contribution < 1.29 is 40.0 Å². The zero-order valence-corrected chi connectivity index (χ0v) is 32.7. The number of nitrogens with zero attached hydrogens (tertiary/aromatic N) is 2. The first-order valence-electron chi connectivity index (χ1n) is 18.4. The molecule has 3 aliphatic rings. The fraction of sp³-hybridized carbons (Fsp3) is 0.333. The van der Waals surface area contributed by atoms with Crippen molar-refractivity contribution in [3.63, 3.8) is 0 Å². The number of fused-ring (bicyclic) bond motifs is 6. The van der Waals surface area contributed by atoms with Gasteiger partial charge in [-0.2, -0.15) is 4.58 Å². The molecule has 1 aliphatic carbocycles. The molecule has 0 aromatic heterocycles. The van der Waals surface area contributed by atoms with Gasteiger partial charge in [-0.25, -0.2) is 5.43 Å². The van der Waals surface area contributed by atoms with Gasteiger partial charge in [0.05, 0.1) is 5.41 Å². The fourth-order valence-electron chi connectivity index (χ4n) is 8.80. The molecule has 7 heteroatoms. The Morgan fingerprint density at radius 3 is 2.19 bits per heavy atom. The van der Waals surface area contributed by atoms with Crippen LogP contribution in [0.1, 0.15) is 83.8 Å². The van der Waals surface area contributed by atoms with Crippen molar-refractivity contribution in [3.05, 3.63) is 131 Å². The van der Waals surface area contributed by atoms with Crippen molar-refractivity contribution in [3.8, 4) is 0 Å². The third-order valence-electron chi connectivity index (χ3n) is 11.3. The van der Waals surface area contributed by atoms with E-state index in [1.807, 2.05) is 0 Å². The highest BCUT2D eigenvalue weighted by molar-refractivity contribution is 6.07. The molecule has 0 radical (unpaired) electrons. The summed E-state index contributed by atoms with van der Waals surface area (Å²) in [5.74, 6) is 3.53. The van der Waals surface area contributed by atoms with E-state index in [1.165, 1.54) is 66.6 Å². The first-order chi connectivity index (χ1) is 24.1. The minimum absolute atomic E-state index is 0. The molecule has 52 heavy (non-hydrogen) atoms. The standard InChI is InChI=1S/C45H50N4O.2ClH/c1-44(2)39(48(5)37-25-23-33-16-8-10-18-35(33)42(37)44)27-21-31-14-13-15-32(30-31)22-28-40-45(3,4)43-36-19-11-9-17-34(36)24-26-38(43)49(40)29-12-6-7-20-41(50)47-46;;/h8-11,16-19,21-28,30H,6-7,12-15,20,29,46H2,1-5H3;2*1H. The molecule has 0 atom stereocenters. The Morgan fingerprint density at radius 1 is 0.808 bits per heavy atom. The molecule has 272 valence electrons. The number of unbranched alkanes of at least 4 members (excludes halogenated alkanes) is 2. The Bertz CT molecular complexity index is 2150. The van der Waals surface area contributed by atoms with Crippen LogP contribution in [-0.2, 0) is 15.6 Å². The summed E-state index contributed by atoms with van der Waals surface area (Å²) in [4.78, 5) is 14.3. The molecular formula is C45H52Cl2N4O. The van der Waals surface area contributed by atoms with E-state index in [0.29, 0.717) is 6.42 Å². The van der Waals surface area contributed by atoms with Crippen LogP contribution in [0.4, 0.5) is 11.4 Å². The summed E-state index contributed by atoms with van der Waals surface area (Å²) in [5.41, 5.74) is 13.2. The Balaban J connectivity index is 0.00000261. The number of carbonyl (C=O) groups is 1. The Labute approximate surface area is 321 Å². The number of anilines is 1. The molecule has 5 nitrogen and oxygen atoms in total. The molecule has 7 rings (SSSR count). The summed E-state index contributed by atoms with van der Waals surface area (Å²) in [6.45, 7) is 10.4. The Morgan fingerprint density at radius 2 is 1.48 bits per heavy atom. The zero-order valence-electron chi connectivity index (χ0n) is 31.2. The molecule has 2 aliphatic heterocycles. The number of nitrogens with one attached hydrogen (secondary N) is 1. The topological polar surface area (TPSA) is 63.0 Å². The van der Waals surface area contributed by atoms with Gasteiger partial charge in [-0.15, -0.1) is 0 Å². The minimum Gasteiger partial charge on any atom is -1.00 e. The lowest BCUT2D eigenvalue weighted by atomic mass is 9.79. The van der Waals surface area contributed by atoms with E-state index in [0.717, 1.165) is 45.1 Å². The van der Waals surface area contributed by atoms with Gasteiger partial charge in [0.1, 0.15) is 7.05 Å². The lowest BCUT2D eigenvalue weighted by Gasteiger charge is -2.27. The number of amides is 1. The lowest BCUT2D eigenvalue weighted by Crippen LogP contribution is -3.00. The van der Waals surface area contributed by atoms with E-state index in [2.05, 4.69) is 159 Å². The zero-order chi connectivity index (χ0) is 35.0. The number of hydrogen-bond donors (Lipinski definition) is 2. The van der Waals surface area contributed by atoms with Gasteiger partial charge < -0.3 is 29.7 Å². The van der Waals surface area contributed by atoms with Gasteiger partial charge in [-0.05, 0) is 102 Å². The van der Waals surface area contributed by atoms with Crippen molar-refractivity contribution in [2.45, 2.75) is 83.5 Å². The van der Waals surface area contributed by atoms with Crippen LogP contribution in [0.2, 0.25) is 0 Å². The highest BCUT2D eigenvalue weighted by atomic mass is 35.5. The summed E-state index contributed by atoms with van der Waals surface area (Å²) >= 11 is 0. The number of carbonyl (C=O) groups excluding carboxylic acids is 1. The van der Waals surface area contributed by atoms with Crippen LogP contribution >= 0.6 is 0 Å². The van der Waals surface area contributed by atoms with Gasteiger partial charge in [0.2, 0.25) is 5.69 Å². The van der Waals surface area contributed by atoms with E-state index in [4.69, 9.17) is 0 Å². The fourth-order valence-corrected chi connectivity index (χ4v) is 8.80. The number of halogens is 2. The maximum atomic E-state index is 11.7. The summed E-state index contributed by atoms with van der Waals surface area (Å²) in [6.07, 6.45) is 18.7. The summed E-state index contributed by atoms with van der Waals surface area (Å²) in [7, 11) is 2.21. The second-order valence-electron chi connectivity index (χ2n) is 15.3. The van der Waals surface area contributed by atoms with Crippen molar-refractivity contribution in [2.24, 2.45) is 0 Å². The number of hydrogen-bond acceptors (Lipinski definition) is 2. The molecule has 4 N–H and O–H groups in total. The maximum absolute atomic E-state index is 11.7. The predicted molar refractivity (Wildman–Crippen MR) is 209 cm³/mol. The van der Waals surface area contributed by atoms with Crippen molar-refractivity contribution in [1.29, 1.82) is 0 Å². The molecule has 0 saturated heterocycles. The van der Waals surface area contributed by atoms with Crippen molar-refractivity contribution in [2.75, 3.05) is 18.5 Å². The van der Waals surface area contributed by atoms with Crippen LogP contribution in [0.15, 0.2) is 120 Å². The molecule has 2 heterocycles. The third kappa shape index (κ3) is 7.11. The van der Waals surface area contributed by atoms with E-state index in [9.17, 15) is 4.79 Å². The molecule has 0 fully saturated rings. The quantitative estimate of drug-likeness (QED) is 0.158. The molecule has 0 unspecified atom stereocenters. The maximum Gasteiger partial charge on any atom is 0.264 e. The van der Waals surface area contributed by atoms with Crippen molar-refractivity contribution >= 4 is 44.5 Å². The summed E-state index contributed by atoms with van der Waals surface area (Å²) in [5, 5.41) is 5.27. The average Bonchev–Trinajstić information content (AvgIpc) is 3.46. The van der Waals surface area contributed by atoms with Gasteiger partial charge in [0.15, 0.2) is 5.71 Å². The van der Waals surface area contributed by atoms with Gasteiger partial charge in [-0.1, -0.05) is 93.1 Å². The molecular weight excluding hydrogens is 683 g/mol. The van der Waals surface area contributed by atoms with E-state index < -0.39 is 0 Å². The van der Waals surface area contributed by atoms with Crippen LogP contribution in [0, 0.1) is 0 Å². The average molecular weight is 736 g/mol. The highest BCUT2D eigenvalue weighted by Crippen LogP contribution is 2.51. The van der Waals surface area contributed by atoms with Gasteiger partial charge in [-0.3, -0.25) is 10.6 Å². The van der Waals surface area contributed by atoms with Gasteiger partial charge >= 0.3 is 0 Å². The summed E-state index contributed by atoms with van der Waals surface area (Å²) < 4.78 is 2.39. The highest BCUT2D eigenvalue weighted by Gasteiger charge is 2.44. The second kappa shape index (κ2) is 15.8. The van der Waals surface area contributed by atoms with E-state index >= 15 is 0 Å². The summed E-state index contributed by atoms with van der Waals surface area (Å²) in [6, 6.07) is 26.7.